The lowest BCUT2D eigenvalue weighted by molar-refractivity contribution is 0.112. The van der Waals surface area contributed by atoms with E-state index in [1.165, 1.54) is 5.56 Å². The zero-order chi connectivity index (χ0) is 13.0. The summed E-state index contributed by atoms with van der Waals surface area (Å²) in [6, 6.07) is 10.2. The summed E-state index contributed by atoms with van der Waals surface area (Å²) in [4.78, 5) is 16.9. The van der Waals surface area contributed by atoms with Gasteiger partial charge in [-0.15, -0.1) is 0 Å². The quantitative estimate of drug-likeness (QED) is 0.770. The smallest absolute Gasteiger partial charge is 0.151 e. The highest BCUT2D eigenvalue weighted by Crippen LogP contribution is 2.19. The molecule has 0 saturated carbocycles. The number of aromatic nitrogens is 1. The highest BCUT2D eigenvalue weighted by atomic mass is 16.1. The Labute approximate surface area is 107 Å². The van der Waals surface area contributed by atoms with Crippen LogP contribution in [-0.4, -0.2) is 30.3 Å². The molecule has 3 heteroatoms. The lowest BCUT2D eigenvalue weighted by atomic mass is 10.0. The van der Waals surface area contributed by atoms with Crippen LogP contribution in [0.1, 0.15) is 15.9 Å². The second-order valence-electron chi connectivity index (χ2n) is 4.56. The van der Waals surface area contributed by atoms with E-state index in [2.05, 4.69) is 34.1 Å². The van der Waals surface area contributed by atoms with Crippen LogP contribution in [0.15, 0.2) is 42.7 Å². The van der Waals surface area contributed by atoms with Gasteiger partial charge >= 0.3 is 0 Å². The number of hydrogen-bond donors (Lipinski definition) is 0. The van der Waals surface area contributed by atoms with E-state index >= 15 is 0 Å². The normalized spacial score (nSPS) is 10.6. The first-order valence-electron chi connectivity index (χ1n) is 5.83. The SMILES string of the molecule is CN(C)Cc1ccc(-c2cncc(C=O)c2)cc1. The largest absolute Gasteiger partial charge is 0.305 e. The van der Waals surface area contributed by atoms with Gasteiger partial charge in [0.2, 0.25) is 0 Å². The summed E-state index contributed by atoms with van der Waals surface area (Å²) in [6.45, 7) is 0.924. The topological polar surface area (TPSA) is 33.2 Å². The van der Waals surface area contributed by atoms with Gasteiger partial charge in [-0.3, -0.25) is 9.78 Å². The van der Waals surface area contributed by atoms with E-state index in [1.807, 2.05) is 20.2 Å². The van der Waals surface area contributed by atoms with Crippen molar-refractivity contribution >= 4 is 6.29 Å². The van der Waals surface area contributed by atoms with Crippen molar-refractivity contribution in [2.45, 2.75) is 6.54 Å². The van der Waals surface area contributed by atoms with Gasteiger partial charge in [-0.1, -0.05) is 24.3 Å². The molecule has 2 aromatic rings. The maximum Gasteiger partial charge on any atom is 0.151 e. The molecule has 0 unspecified atom stereocenters. The van der Waals surface area contributed by atoms with E-state index in [4.69, 9.17) is 0 Å². The Morgan fingerprint density at radius 3 is 2.44 bits per heavy atom. The van der Waals surface area contributed by atoms with Crippen LogP contribution in [0.2, 0.25) is 0 Å². The highest BCUT2D eigenvalue weighted by molar-refractivity contribution is 5.77. The molecule has 0 spiro atoms. The first-order valence-corrected chi connectivity index (χ1v) is 5.83. The predicted molar refractivity (Wildman–Crippen MR) is 72.5 cm³/mol. The van der Waals surface area contributed by atoms with Gasteiger partial charge in [0.1, 0.15) is 0 Å². The molecule has 0 saturated heterocycles. The fourth-order valence-electron chi connectivity index (χ4n) is 1.85. The molecule has 0 bridgehead atoms. The van der Waals surface area contributed by atoms with Crippen LogP contribution in [0.5, 0.6) is 0 Å². The summed E-state index contributed by atoms with van der Waals surface area (Å²) in [5, 5.41) is 0. The molecule has 0 aliphatic rings. The first-order chi connectivity index (χ1) is 8.69. The Balaban J connectivity index is 2.25. The van der Waals surface area contributed by atoms with E-state index in [-0.39, 0.29) is 0 Å². The second-order valence-corrected chi connectivity index (χ2v) is 4.56. The third kappa shape index (κ3) is 3.02. The van der Waals surface area contributed by atoms with Gasteiger partial charge in [-0.2, -0.15) is 0 Å². The van der Waals surface area contributed by atoms with Crippen LogP contribution in [0.25, 0.3) is 11.1 Å². The molecule has 0 aliphatic heterocycles. The third-order valence-electron chi connectivity index (χ3n) is 2.68. The molecule has 0 atom stereocenters. The summed E-state index contributed by atoms with van der Waals surface area (Å²) in [7, 11) is 4.09. The van der Waals surface area contributed by atoms with Gasteiger partial charge in [-0.05, 0) is 31.3 Å². The van der Waals surface area contributed by atoms with Gasteiger partial charge < -0.3 is 4.90 Å². The van der Waals surface area contributed by atoms with Gasteiger partial charge in [0.25, 0.3) is 0 Å². The summed E-state index contributed by atoms with van der Waals surface area (Å²) < 4.78 is 0. The van der Waals surface area contributed by atoms with Crippen molar-refractivity contribution in [2.24, 2.45) is 0 Å². The van der Waals surface area contributed by atoms with Crippen molar-refractivity contribution in [1.29, 1.82) is 0 Å². The van der Waals surface area contributed by atoms with Crippen molar-refractivity contribution in [1.82, 2.24) is 9.88 Å². The molecule has 3 nitrogen and oxygen atoms in total. The van der Waals surface area contributed by atoms with Crippen LogP contribution in [0.3, 0.4) is 0 Å². The minimum absolute atomic E-state index is 0.602. The molecule has 92 valence electrons. The number of hydrogen-bond acceptors (Lipinski definition) is 3. The molecule has 1 aromatic carbocycles. The van der Waals surface area contributed by atoms with E-state index in [9.17, 15) is 4.79 Å². The average Bonchev–Trinajstić information content (AvgIpc) is 2.39. The van der Waals surface area contributed by atoms with Crippen LogP contribution >= 0.6 is 0 Å². The number of nitrogens with zero attached hydrogens (tertiary/aromatic N) is 2. The standard InChI is InChI=1S/C15H16N2O/c1-17(2)10-12-3-5-14(6-4-12)15-7-13(11-18)8-16-9-15/h3-9,11H,10H2,1-2H3. The van der Waals surface area contributed by atoms with Crippen LogP contribution in [0.4, 0.5) is 0 Å². The Hall–Kier alpha value is -2.00. The van der Waals surface area contributed by atoms with Gasteiger partial charge in [-0.25, -0.2) is 0 Å². The number of rotatable bonds is 4. The number of pyridine rings is 1. The van der Waals surface area contributed by atoms with E-state index in [0.29, 0.717) is 5.56 Å². The Kier molecular flexibility index (Phi) is 3.85. The molecule has 1 aromatic heterocycles. The zero-order valence-corrected chi connectivity index (χ0v) is 10.6. The third-order valence-corrected chi connectivity index (χ3v) is 2.68. The summed E-state index contributed by atoms with van der Waals surface area (Å²) in [6.07, 6.45) is 4.15. The van der Waals surface area contributed by atoms with E-state index in [1.54, 1.807) is 12.4 Å². The molecular weight excluding hydrogens is 224 g/mol. The summed E-state index contributed by atoms with van der Waals surface area (Å²) in [5.74, 6) is 0. The lowest BCUT2D eigenvalue weighted by Gasteiger charge is -2.10. The van der Waals surface area contributed by atoms with Crippen LogP contribution in [0, 0.1) is 0 Å². The fourth-order valence-corrected chi connectivity index (χ4v) is 1.85. The van der Waals surface area contributed by atoms with E-state index < -0.39 is 0 Å². The maximum absolute atomic E-state index is 10.7. The van der Waals surface area contributed by atoms with Crippen molar-refractivity contribution < 1.29 is 4.79 Å². The molecule has 0 fully saturated rings. The molecule has 18 heavy (non-hydrogen) atoms. The maximum atomic E-state index is 10.7. The number of carbonyl (C=O) groups excluding carboxylic acids is 1. The number of carbonyl (C=O) groups is 1. The van der Waals surface area contributed by atoms with Gasteiger partial charge in [0.05, 0.1) is 0 Å². The first kappa shape index (κ1) is 12.5. The lowest BCUT2D eigenvalue weighted by Crippen LogP contribution is -2.10. The molecule has 0 radical (unpaired) electrons. The molecular formula is C15H16N2O. The van der Waals surface area contributed by atoms with Crippen molar-refractivity contribution in [3.63, 3.8) is 0 Å². The summed E-state index contributed by atoms with van der Waals surface area (Å²) >= 11 is 0. The molecule has 1 heterocycles. The van der Waals surface area contributed by atoms with Crippen LogP contribution in [-0.2, 0) is 6.54 Å². The monoisotopic (exact) mass is 240 g/mol. The van der Waals surface area contributed by atoms with Gasteiger partial charge in [0, 0.05) is 30.1 Å². The highest BCUT2D eigenvalue weighted by Gasteiger charge is 2.01. The van der Waals surface area contributed by atoms with Crippen molar-refractivity contribution in [2.75, 3.05) is 14.1 Å². The fraction of sp³-hybridized carbons (Fsp3) is 0.200. The Bertz CT molecular complexity index is 532. The predicted octanol–water partition coefficient (Wildman–Crippen LogP) is 2.62. The Morgan fingerprint density at radius 2 is 1.83 bits per heavy atom. The molecule has 2 rings (SSSR count). The zero-order valence-electron chi connectivity index (χ0n) is 10.6. The minimum Gasteiger partial charge on any atom is -0.305 e. The summed E-state index contributed by atoms with van der Waals surface area (Å²) in [5.41, 5.74) is 3.91. The Morgan fingerprint density at radius 1 is 1.11 bits per heavy atom. The number of aldehydes is 1. The van der Waals surface area contributed by atoms with Gasteiger partial charge in [0.15, 0.2) is 6.29 Å². The van der Waals surface area contributed by atoms with E-state index in [0.717, 1.165) is 24.0 Å². The average molecular weight is 240 g/mol. The molecule has 0 amide bonds. The second kappa shape index (κ2) is 5.56. The van der Waals surface area contributed by atoms with Crippen molar-refractivity contribution in [3.05, 3.63) is 53.9 Å². The number of benzene rings is 1. The minimum atomic E-state index is 0.602. The van der Waals surface area contributed by atoms with Crippen LogP contribution < -0.4 is 0 Å². The molecule has 0 aliphatic carbocycles. The van der Waals surface area contributed by atoms with Crippen molar-refractivity contribution in [3.8, 4) is 11.1 Å². The molecule has 0 N–H and O–H groups in total.